The van der Waals surface area contributed by atoms with E-state index < -0.39 is 10.0 Å². The van der Waals surface area contributed by atoms with Gasteiger partial charge in [0.05, 0.1) is 10.9 Å². The highest BCUT2D eigenvalue weighted by molar-refractivity contribution is 7.89. The molecule has 0 aromatic heterocycles. The van der Waals surface area contributed by atoms with Crippen molar-refractivity contribution in [2.45, 2.75) is 44.6 Å². The van der Waals surface area contributed by atoms with Gasteiger partial charge in [-0.2, -0.15) is 4.31 Å². The van der Waals surface area contributed by atoms with Crippen molar-refractivity contribution < 1.29 is 13.2 Å². The van der Waals surface area contributed by atoms with Gasteiger partial charge in [-0.3, -0.25) is 9.69 Å². The van der Waals surface area contributed by atoms with Crippen LogP contribution in [0.5, 0.6) is 0 Å². The molecule has 2 aliphatic heterocycles. The SMILES string of the molecule is Cc1cc(C)c(S(=O)(=O)N2CCC(C(=O)N3CCN(C(c4ccccc4)c4ccccc4)CC3)CC2)c(C)c1. The average molecular weight is 546 g/mol. The number of nitrogens with zero attached hydrogens (tertiary/aromatic N) is 3. The molecule has 5 rings (SSSR count). The molecule has 0 saturated carbocycles. The van der Waals surface area contributed by atoms with Gasteiger partial charge in [0.2, 0.25) is 15.9 Å². The third-order valence-electron chi connectivity index (χ3n) is 8.23. The van der Waals surface area contributed by atoms with Crippen LogP contribution in [0.4, 0.5) is 0 Å². The normalized spacial score (nSPS) is 18.0. The van der Waals surface area contributed by atoms with Crippen LogP contribution in [-0.2, 0) is 14.8 Å². The predicted molar refractivity (Wildman–Crippen MR) is 155 cm³/mol. The molecule has 3 aromatic carbocycles. The quantitative estimate of drug-likeness (QED) is 0.440. The first-order valence-corrected chi connectivity index (χ1v) is 15.4. The number of sulfonamides is 1. The van der Waals surface area contributed by atoms with Gasteiger partial charge in [0.15, 0.2) is 0 Å². The van der Waals surface area contributed by atoms with Crippen molar-refractivity contribution in [1.82, 2.24) is 14.1 Å². The predicted octanol–water partition coefficient (Wildman–Crippen LogP) is 4.95. The molecule has 0 spiro atoms. The minimum absolute atomic E-state index is 0.123. The van der Waals surface area contributed by atoms with E-state index in [-0.39, 0.29) is 17.9 Å². The maximum Gasteiger partial charge on any atom is 0.243 e. The van der Waals surface area contributed by atoms with Gasteiger partial charge >= 0.3 is 0 Å². The van der Waals surface area contributed by atoms with Gasteiger partial charge in [-0.15, -0.1) is 0 Å². The molecule has 0 N–H and O–H groups in total. The summed E-state index contributed by atoms with van der Waals surface area (Å²) >= 11 is 0. The highest BCUT2D eigenvalue weighted by atomic mass is 32.2. The number of benzene rings is 3. The molecule has 2 aliphatic rings. The van der Waals surface area contributed by atoms with Gasteiger partial charge < -0.3 is 4.90 Å². The monoisotopic (exact) mass is 545 g/mol. The molecule has 0 unspecified atom stereocenters. The van der Waals surface area contributed by atoms with Gasteiger partial charge in [0.1, 0.15) is 0 Å². The van der Waals surface area contributed by atoms with Crippen LogP contribution in [0.25, 0.3) is 0 Å². The van der Waals surface area contributed by atoms with Crippen molar-refractivity contribution >= 4 is 15.9 Å². The van der Waals surface area contributed by atoms with Gasteiger partial charge in [0.25, 0.3) is 0 Å². The molecule has 2 heterocycles. The number of carbonyl (C=O) groups excluding carboxylic acids is 1. The maximum absolute atomic E-state index is 13.5. The Morgan fingerprint density at radius 3 is 1.72 bits per heavy atom. The van der Waals surface area contributed by atoms with Crippen LogP contribution >= 0.6 is 0 Å². The summed E-state index contributed by atoms with van der Waals surface area (Å²) in [7, 11) is -3.58. The van der Waals surface area contributed by atoms with E-state index in [9.17, 15) is 13.2 Å². The molecule has 206 valence electrons. The summed E-state index contributed by atoms with van der Waals surface area (Å²) < 4.78 is 28.5. The molecule has 3 aromatic rings. The number of hydrogen-bond donors (Lipinski definition) is 0. The first-order chi connectivity index (χ1) is 18.8. The summed E-state index contributed by atoms with van der Waals surface area (Å²) in [4.78, 5) is 18.4. The van der Waals surface area contributed by atoms with Crippen LogP contribution in [0.15, 0.2) is 77.7 Å². The van der Waals surface area contributed by atoms with E-state index in [1.165, 1.54) is 11.1 Å². The molecular formula is C32H39N3O3S. The maximum atomic E-state index is 13.5. The summed E-state index contributed by atoms with van der Waals surface area (Å²) in [6.07, 6.45) is 1.14. The second-order valence-corrected chi connectivity index (χ2v) is 12.9. The van der Waals surface area contributed by atoms with Crippen LogP contribution in [-0.4, -0.2) is 67.7 Å². The Labute approximate surface area is 233 Å². The number of amides is 1. The minimum atomic E-state index is -3.58. The van der Waals surface area contributed by atoms with E-state index >= 15 is 0 Å². The van der Waals surface area contributed by atoms with Crippen molar-refractivity contribution in [1.29, 1.82) is 0 Å². The first kappa shape index (κ1) is 27.6. The second-order valence-electron chi connectivity index (χ2n) is 11.0. The Balaban J connectivity index is 1.21. The molecule has 6 nitrogen and oxygen atoms in total. The number of piperidine rings is 1. The Morgan fingerprint density at radius 2 is 1.23 bits per heavy atom. The molecule has 1 amide bonds. The van der Waals surface area contributed by atoms with Crippen LogP contribution < -0.4 is 0 Å². The lowest BCUT2D eigenvalue weighted by Crippen LogP contribution is -2.52. The molecule has 2 fully saturated rings. The van der Waals surface area contributed by atoms with E-state index in [0.717, 1.165) is 29.8 Å². The largest absolute Gasteiger partial charge is 0.340 e. The fourth-order valence-electron chi connectivity index (χ4n) is 6.39. The van der Waals surface area contributed by atoms with E-state index in [4.69, 9.17) is 0 Å². The number of carbonyl (C=O) groups is 1. The highest BCUT2D eigenvalue weighted by Crippen LogP contribution is 2.32. The van der Waals surface area contributed by atoms with Crippen molar-refractivity contribution in [3.63, 3.8) is 0 Å². The van der Waals surface area contributed by atoms with E-state index in [1.807, 2.05) is 49.9 Å². The minimum Gasteiger partial charge on any atom is -0.340 e. The van der Waals surface area contributed by atoms with Crippen molar-refractivity contribution in [3.05, 3.63) is 101 Å². The van der Waals surface area contributed by atoms with Crippen LogP contribution in [0.2, 0.25) is 0 Å². The van der Waals surface area contributed by atoms with E-state index in [0.29, 0.717) is 43.9 Å². The van der Waals surface area contributed by atoms with Crippen molar-refractivity contribution in [2.24, 2.45) is 5.92 Å². The average Bonchev–Trinajstić information content (AvgIpc) is 2.94. The lowest BCUT2D eigenvalue weighted by molar-refractivity contribution is -0.138. The van der Waals surface area contributed by atoms with Gasteiger partial charge in [-0.25, -0.2) is 8.42 Å². The summed E-state index contributed by atoms with van der Waals surface area (Å²) in [6.45, 7) is 9.47. The number of hydrogen-bond acceptors (Lipinski definition) is 4. The standard InChI is InChI=1S/C32H39N3O3S/c1-24-22-25(2)31(26(3)23-24)39(37,38)35-16-14-29(15-17-35)32(36)34-20-18-33(19-21-34)30(27-10-6-4-7-11-27)28-12-8-5-9-13-28/h4-13,22-23,29-30H,14-21H2,1-3H3. The fourth-order valence-corrected chi connectivity index (χ4v) is 8.27. The topological polar surface area (TPSA) is 60.9 Å². The molecule has 7 heteroatoms. The zero-order valence-electron chi connectivity index (χ0n) is 23.2. The van der Waals surface area contributed by atoms with Gasteiger partial charge in [-0.1, -0.05) is 78.4 Å². The van der Waals surface area contributed by atoms with E-state index in [1.54, 1.807) is 4.31 Å². The van der Waals surface area contributed by atoms with Crippen LogP contribution in [0.1, 0.15) is 46.7 Å². The third kappa shape index (κ3) is 5.81. The summed E-state index contributed by atoms with van der Waals surface area (Å²) in [6, 6.07) is 25.1. The Bertz CT molecular complexity index is 1330. The Morgan fingerprint density at radius 1 is 0.744 bits per heavy atom. The Hall–Kier alpha value is -3.00. The van der Waals surface area contributed by atoms with Crippen molar-refractivity contribution in [3.8, 4) is 0 Å². The summed E-state index contributed by atoms with van der Waals surface area (Å²) in [5.41, 5.74) is 5.15. The summed E-state index contributed by atoms with van der Waals surface area (Å²) in [5.74, 6) is 0.0487. The lowest BCUT2D eigenvalue weighted by Gasteiger charge is -2.41. The molecule has 39 heavy (non-hydrogen) atoms. The van der Waals surface area contributed by atoms with Gasteiger partial charge in [-0.05, 0) is 55.9 Å². The van der Waals surface area contributed by atoms with Crippen LogP contribution in [0, 0.1) is 26.7 Å². The molecule has 0 atom stereocenters. The van der Waals surface area contributed by atoms with Crippen LogP contribution in [0.3, 0.4) is 0 Å². The Kier molecular flexibility index (Phi) is 8.21. The van der Waals surface area contributed by atoms with E-state index in [2.05, 4.69) is 53.4 Å². The molecule has 0 aliphatic carbocycles. The molecule has 2 saturated heterocycles. The highest BCUT2D eigenvalue weighted by Gasteiger charge is 2.36. The number of aryl methyl sites for hydroxylation is 3. The number of piperazine rings is 1. The first-order valence-electron chi connectivity index (χ1n) is 14.0. The second kappa shape index (κ2) is 11.6. The lowest BCUT2D eigenvalue weighted by atomic mass is 9.95. The zero-order valence-corrected chi connectivity index (χ0v) is 24.0. The third-order valence-corrected chi connectivity index (χ3v) is 10.4. The molecule has 0 bridgehead atoms. The molecular weight excluding hydrogens is 506 g/mol. The molecule has 0 radical (unpaired) electrons. The smallest absolute Gasteiger partial charge is 0.243 e. The summed E-state index contributed by atoms with van der Waals surface area (Å²) in [5, 5.41) is 0. The van der Waals surface area contributed by atoms with Crippen molar-refractivity contribution in [2.75, 3.05) is 39.3 Å². The van der Waals surface area contributed by atoms with Gasteiger partial charge in [0, 0.05) is 45.2 Å². The fraction of sp³-hybridized carbons (Fsp3) is 0.406. The number of rotatable bonds is 6. The zero-order chi connectivity index (χ0) is 27.6.